The fourth-order valence-corrected chi connectivity index (χ4v) is 4.82. The van der Waals surface area contributed by atoms with Crippen LogP contribution in [0.3, 0.4) is 0 Å². The fourth-order valence-electron chi connectivity index (χ4n) is 4.82. The molecule has 190 valence electrons. The number of H-pyrrole nitrogens is 1. The van der Waals surface area contributed by atoms with E-state index in [2.05, 4.69) is 31.7 Å². The molecule has 1 aliphatic rings. The van der Waals surface area contributed by atoms with Crippen LogP contribution in [0.4, 0.5) is 5.82 Å². The molecule has 2 aromatic carbocycles. The average Bonchev–Trinajstić information content (AvgIpc) is 3.69. The van der Waals surface area contributed by atoms with Crippen LogP contribution >= 0.6 is 0 Å². The van der Waals surface area contributed by atoms with E-state index >= 15 is 0 Å². The number of likely N-dealkylation sites (tertiary alicyclic amines) is 1. The molecule has 0 spiro atoms. The highest BCUT2D eigenvalue weighted by Crippen LogP contribution is 2.25. The van der Waals surface area contributed by atoms with E-state index in [-0.39, 0.29) is 23.7 Å². The van der Waals surface area contributed by atoms with E-state index < -0.39 is 0 Å². The molecule has 1 saturated heterocycles. The first kappa shape index (κ1) is 23.4. The number of carbonyl (C=O) groups is 2. The van der Waals surface area contributed by atoms with Crippen molar-refractivity contribution in [2.45, 2.75) is 12.5 Å². The van der Waals surface area contributed by atoms with Crippen molar-refractivity contribution in [3.05, 3.63) is 84.4 Å². The molecule has 4 N–H and O–H groups in total. The molecule has 0 bridgehead atoms. The first-order valence-corrected chi connectivity index (χ1v) is 12.3. The number of rotatable bonds is 5. The van der Waals surface area contributed by atoms with E-state index in [1.807, 2.05) is 49.6 Å². The molecule has 6 rings (SSSR count). The van der Waals surface area contributed by atoms with Crippen molar-refractivity contribution in [3.63, 3.8) is 0 Å². The summed E-state index contributed by atoms with van der Waals surface area (Å²) in [6.07, 6.45) is 7.64. The summed E-state index contributed by atoms with van der Waals surface area (Å²) in [6.45, 7) is 0.991. The van der Waals surface area contributed by atoms with Gasteiger partial charge in [0, 0.05) is 60.6 Å². The molecule has 0 aliphatic carbocycles. The SMILES string of the molecule is Cn1cc(-c2cnc(N)c(C(=O)N[C@@H]3CCN(C(=O)c4ccc(-c5ccc6[nH]ncc6c5)cc4)C3)c2)cn1. The number of hydrogen-bond donors (Lipinski definition) is 3. The highest BCUT2D eigenvalue weighted by Gasteiger charge is 2.29. The van der Waals surface area contributed by atoms with Crippen molar-refractivity contribution in [3.8, 4) is 22.3 Å². The Morgan fingerprint density at radius 3 is 2.61 bits per heavy atom. The number of nitrogens with one attached hydrogen (secondary N) is 2. The fraction of sp³-hybridized carbons (Fsp3) is 0.179. The van der Waals surface area contributed by atoms with E-state index in [1.54, 1.807) is 34.2 Å². The number of hydrogen-bond acceptors (Lipinski definition) is 6. The predicted octanol–water partition coefficient (Wildman–Crippen LogP) is 3.25. The summed E-state index contributed by atoms with van der Waals surface area (Å²) in [7, 11) is 1.82. The molecular weight excluding hydrogens is 480 g/mol. The van der Waals surface area contributed by atoms with Crippen molar-refractivity contribution >= 4 is 28.5 Å². The molecule has 5 aromatic rings. The Kier molecular flexibility index (Phi) is 5.83. The Labute approximate surface area is 218 Å². The van der Waals surface area contributed by atoms with Gasteiger partial charge in [0.1, 0.15) is 5.82 Å². The molecule has 10 nitrogen and oxygen atoms in total. The van der Waals surface area contributed by atoms with Crippen LogP contribution in [0.5, 0.6) is 0 Å². The zero-order valence-electron chi connectivity index (χ0n) is 20.8. The summed E-state index contributed by atoms with van der Waals surface area (Å²) in [4.78, 5) is 32.2. The van der Waals surface area contributed by atoms with Gasteiger partial charge >= 0.3 is 0 Å². The summed E-state index contributed by atoms with van der Waals surface area (Å²) >= 11 is 0. The highest BCUT2D eigenvalue weighted by atomic mass is 16.2. The number of amides is 2. The molecule has 0 unspecified atom stereocenters. The van der Waals surface area contributed by atoms with Crippen molar-refractivity contribution in [2.75, 3.05) is 18.8 Å². The number of nitrogens with zero attached hydrogens (tertiary/aromatic N) is 5. The van der Waals surface area contributed by atoms with E-state index in [9.17, 15) is 9.59 Å². The number of aromatic amines is 1. The lowest BCUT2D eigenvalue weighted by Crippen LogP contribution is -2.38. The lowest BCUT2D eigenvalue weighted by atomic mass is 10.0. The molecule has 1 atom stereocenters. The minimum atomic E-state index is -0.306. The Morgan fingerprint density at radius 2 is 1.82 bits per heavy atom. The first-order chi connectivity index (χ1) is 18.4. The van der Waals surface area contributed by atoms with Crippen LogP contribution in [0.2, 0.25) is 0 Å². The predicted molar refractivity (Wildman–Crippen MR) is 144 cm³/mol. The van der Waals surface area contributed by atoms with Gasteiger partial charge < -0.3 is 16.0 Å². The van der Waals surface area contributed by atoms with Crippen LogP contribution in [0, 0.1) is 0 Å². The summed E-state index contributed by atoms with van der Waals surface area (Å²) in [6, 6.07) is 15.2. The van der Waals surface area contributed by atoms with Gasteiger partial charge in [-0.2, -0.15) is 10.2 Å². The topological polar surface area (TPSA) is 135 Å². The van der Waals surface area contributed by atoms with Gasteiger partial charge in [0.25, 0.3) is 11.8 Å². The van der Waals surface area contributed by atoms with E-state index in [4.69, 9.17) is 5.73 Å². The second kappa shape index (κ2) is 9.47. The van der Waals surface area contributed by atoms with Crippen LogP contribution in [0.1, 0.15) is 27.1 Å². The molecule has 0 saturated carbocycles. The number of pyridine rings is 1. The summed E-state index contributed by atoms with van der Waals surface area (Å²) < 4.78 is 1.68. The largest absolute Gasteiger partial charge is 0.383 e. The lowest BCUT2D eigenvalue weighted by molar-refractivity contribution is 0.0783. The van der Waals surface area contributed by atoms with Gasteiger partial charge in [-0.15, -0.1) is 0 Å². The number of benzene rings is 2. The minimum absolute atomic E-state index is 0.0571. The molecule has 1 aliphatic heterocycles. The molecule has 1 fully saturated rings. The second-order valence-electron chi connectivity index (χ2n) is 9.52. The second-order valence-corrected chi connectivity index (χ2v) is 9.52. The Bertz CT molecular complexity index is 1650. The van der Waals surface area contributed by atoms with Crippen molar-refractivity contribution < 1.29 is 9.59 Å². The molecular formula is C28H26N8O2. The number of nitrogens with two attached hydrogens (primary N) is 1. The first-order valence-electron chi connectivity index (χ1n) is 12.3. The monoisotopic (exact) mass is 506 g/mol. The normalized spacial score (nSPS) is 15.2. The van der Waals surface area contributed by atoms with Gasteiger partial charge in [0.05, 0.1) is 23.5 Å². The number of aryl methyl sites for hydroxylation is 1. The van der Waals surface area contributed by atoms with Crippen LogP contribution in [0.25, 0.3) is 33.2 Å². The number of aromatic nitrogens is 5. The average molecular weight is 507 g/mol. The molecule has 2 amide bonds. The maximum Gasteiger partial charge on any atom is 0.255 e. The van der Waals surface area contributed by atoms with Crippen molar-refractivity contribution in [1.82, 2.24) is 35.2 Å². The third-order valence-electron chi connectivity index (χ3n) is 6.92. The summed E-state index contributed by atoms with van der Waals surface area (Å²) in [5, 5.41) is 15.2. The Balaban J connectivity index is 1.10. The van der Waals surface area contributed by atoms with Gasteiger partial charge in [-0.25, -0.2) is 4.98 Å². The number of fused-ring (bicyclic) bond motifs is 1. The quantitative estimate of drug-likeness (QED) is 0.335. The Hall–Kier alpha value is -4.99. The maximum atomic E-state index is 13.2. The standard InChI is InChI=1S/C28H26N8O2/c1-35-15-22(14-32-35)20-11-24(26(29)30-12-20)27(37)33-23-8-9-36(16-23)28(38)18-4-2-17(3-5-18)19-6-7-25-21(10-19)13-31-34-25/h2-7,10-15,23H,8-9,16H2,1H3,(H2,29,30)(H,31,34)(H,33,37)/t23-/m1/s1. The Morgan fingerprint density at radius 1 is 1.00 bits per heavy atom. The van der Waals surface area contributed by atoms with Gasteiger partial charge in [-0.05, 0) is 47.9 Å². The molecule has 38 heavy (non-hydrogen) atoms. The maximum absolute atomic E-state index is 13.2. The third kappa shape index (κ3) is 4.47. The molecule has 10 heteroatoms. The number of carbonyl (C=O) groups excluding carboxylic acids is 2. The van der Waals surface area contributed by atoms with Crippen LogP contribution in [0.15, 0.2) is 73.3 Å². The van der Waals surface area contributed by atoms with E-state index in [1.165, 1.54) is 0 Å². The van der Waals surface area contributed by atoms with Crippen LogP contribution in [-0.4, -0.2) is 60.8 Å². The zero-order valence-corrected chi connectivity index (χ0v) is 20.8. The summed E-state index contributed by atoms with van der Waals surface area (Å²) in [5.74, 6) is -0.203. The van der Waals surface area contributed by atoms with Gasteiger partial charge in [0.15, 0.2) is 0 Å². The smallest absolute Gasteiger partial charge is 0.255 e. The third-order valence-corrected chi connectivity index (χ3v) is 6.92. The molecule has 0 radical (unpaired) electrons. The van der Waals surface area contributed by atoms with Gasteiger partial charge in [-0.3, -0.25) is 19.4 Å². The van der Waals surface area contributed by atoms with Crippen LogP contribution < -0.4 is 11.1 Å². The summed E-state index contributed by atoms with van der Waals surface area (Å²) in [5.41, 5.74) is 11.6. The molecule has 3 aromatic heterocycles. The van der Waals surface area contributed by atoms with E-state index in [0.29, 0.717) is 30.6 Å². The molecule has 4 heterocycles. The van der Waals surface area contributed by atoms with Gasteiger partial charge in [0.2, 0.25) is 0 Å². The van der Waals surface area contributed by atoms with E-state index in [0.717, 1.165) is 33.2 Å². The lowest BCUT2D eigenvalue weighted by Gasteiger charge is -2.18. The number of anilines is 1. The van der Waals surface area contributed by atoms with Crippen molar-refractivity contribution in [1.29, 1.82) is 0 Å². The van der Waals surface area contributed by atoms with Crippen molar-refractivity contribution in [2.24, 2.45) is 7.05 Å². The number of nitrogen functional groups attached to an aromatic ring is 1. The van der Waals surface area contributed by atoms with Gasteiger partial charge in [-0.1, -0.05) is 18.2 Å². The minimum Gasteiger partial charge on any atom is -0.383 e. The van der Waals surface area contributed by atoms with Crippen LogP contribution in [-0.2, 0) is 7.05 Å². The highest BCUT2D eigenvalue weighted by molar-refractivity contribution is 6.00. The zero-order chi connectivity index (χ0) is 26.2.